The van der Waals surface area contributed by atoms with Gasteiger partial charge in [-0.25, -0.2) is 0 Å². The summed E-state index contributed by atoms with van der Waals surface area (Å²) in [5.74, 6) is 1.39. The summed E-state index contributed by atoms with van der Waals surface area (Å²) >= 11 is 6.20. The number of nitrogens with zero attached hydrogens (tertiary/aromatic N) is 2. The van der Waals surface area contributed by atoms with Crippen molar-refractivity contribution in [2.75, 3.05) is 38.8 Å². The number of hydrogen-bond acceptors (Lipinski definition) is 5. The van der Waals surface area contributed by atoms with E-state index in [0.717, 1.165) is 48.8 Å². The smallest absolute Gasteiger partial charge is 0.251 e. The number of anilines is 1. The number of amides is 1. The van der Waals surface area contributed by atoms with Crippen molar-refractivity contribution in [1.29, 1.82) is 0 Å². The minimum Gasteiger partial charge on any atom is -0.493 e. The van der Waals surface area contributed by atoms with Gasteiger partial charge in [0.2, 0.25) is 0 Å². The molecule has 1 fully saturated rings. The van der Waals surface area contributed by atoms with Crippen molar-refractivity contribution in [1.82, 2.24) is 10.2 Å². The van der Waals surface area contributed by atoms with E-state index in [4.69, 9.17) is 21.1 Å². The van der Waals surface area contributed by atoms with Crippen LogP contribution in [0.3, 0.4) is 0 Å². The van der Waals surface area contributed by atoms with Crippen LogP contribution in [0.4, 0.5) is 5.69 Å². The molecule has 0 aromatic heterocycles. The highest BCUT2D eigenvalue weighted by Gasteiger charge is 2.25. The minimum atomic E-state index is -0.113. The third kappa shape index (κ3) is 5.77. The first-order valence-electron chi connectivity index (χ1n) is 12.2. The van der Waals surface area contributed by atoms with Crippen molar-refractivity contribution >= 4 is 23.2 Å². The van der Waals surface area contributed by atoms with Crippen LogP contribution < -0.4 is 19.7 Å². The number of hydrogen-bond donors (Lipinski definition) is 1. The van der Waals surface area contributed by atoms with E-state index in [1.165, 1.54) is 11.3 Å². The second kappa shape index (κ2) is 11.7. The summed E-state index contributed by atoms with van der Waals surface area (Å²) in [6.45, 7) is 8.21. The first kappa shape index (κ1) is 25.9. The Labute approximate surface area is 218 Å². The molecule has 1 aliphatic rings. The highest BCUT2D eigenvalue weighted by Crippen LogP contribution is 2.29. The lowest BCUT2D eigenvalue weighted by Crippen LogP contribution is -2.51. The lowest BCUT2D eigenvalue weighted by atomic mass is 10.1. The number of methoxy groups -OCH3 is 2. The summed E-state index contributed by atoms with van der Waals surface area (Å²) in [4.78, 5) is 17.7. The summed E-state index contributed by atoms with van der Waals surface area (Å²) in [5, 5.41) is 3.68. The van der Waals surface area contributed by atoms with Crippen molar-refractivity contribution in [3.8, 4) is 11.5 Å². The molecule has 0 bridgehead atoms. The number of carbonyl (C=O) groups is 1. The number of benzene rings is 3. The Hall–Kier alpha value is -3.22. The van der Waals surface area contributed by atoms with Gasteiger partial charge in [-0.3, -0.25) is 9.69 Å². The van der Waals surface area contributed by atoms with E-state index >= 15 is 0 Å². The van der Waals surface area contributed by atoms with Gasteiger partial charge in [0.25, 0.3) is 5.91 Å². The molecule has 1 heterocycles. The minimum absolute atomic E-state index is 0.113. The van der Waals surface area contributed by atoms with E-state index in [2.05, 4.69) is 52.4 Å². The Morgan fingerprint density at radius 2 is 1.81 bits per heavy atom. The average molecular weight is 508 g/mol. The van der Waals surface area contributed by atoms with Gasteiger partial charge in [0.15, 0.2) is 11.5 Å². The molecule has 1 unspecified atom stereocenters. The maximum absolute atomic E-state index is 12.8. The number of ether oxygens (including phenoxy) is 2. The lowest BCUT2D eigenvalue weighted by Gasteiger charge is -2.41. The predicted molar refractivity (Wildman–Crippen MR) is 145 cm³/mol. The molecule has 0 aliphatic carbocycles. The maximum Gasteiger partial charge on any atom is 0.251 e. The zero-order valence-electron chi connectivity index (χ0n) is 21.4. The van der Waals surface area contributed by atoms with E-state index in [0.29, 0.717) is 23.2 Å². The van der Waals surface area contributed by atoms with E-state index in [1.54, 1.807) is 26.4 Å². The summed E-state index contributed by atoms with van der Waals surface area (Å²) in [6, 6.07) is 20.2. The Morgan fingerprint density at radius 1 is 1.03 bits per heavy atom. The molecule has 1 saturated heterocycles. The molecule has 0 spiro atoms. The predicted octanol–water partition coefficient (Wildman–Crippen LogP) is 5.31. The Kier molecular flexibility index (Phi) is 8.39. The van der Waals surface area contributed by atoms with Crippen molar-refractivity contribution in [3.05, 3.63) is 87.9 Å². The first-order chi connectivity index (χ1) is 17.4. The largest absolute Gasteiger partial charge is 0.493 e. The maximum atomic E-state index is 12.8. The molecule has 4 rings (SSSR count). The molecule has 7 heteroatoms. The van der Waals surface area contributed by atoms with Gasteiger partial charge < -0.3 is 19.7 Å². The highest BCUT2D eigenvalue weighted by atomic mass is 35.5. The molecule has 6 nitrogen and oxygen atoms in total. The van der Waals surface area contributed by atoms with Crippen molar-refractivity contribution in [2.45, 2.75) is 33.0 Å². The van der Waals surface area contributed by atoms with Gasteiger partial charge in [-0.2, -0.15) is 0 Å². The van der Waals surface area contributed by atoms with Crippen molar-refractivity contribution < 1.29 is 14.3 Å². The van der Waals surface area contributed by atoms with Gasteiger partial charge in [0.1, 0.15) is 0 Å². The molecule has 0 radical (unpaired) electrons. The monoisotopic (exact) mass is 507 g/mol. The Balaban J connectivity index is 1.40. The van der Waals surface area contributed by atoms with Crippen LogP contribution in [0.2, 0.25) is 5.02 Å². The fraction of sp³-hybridized carbons (Fsp3) is 0.345. The number of halogens is 1. The average Bonchev–Trinajstić information content (AvgIpc) is 2.90. The van der Waals surface area contributed by atoms with Crippen LogP contribution >= 0.6 is 11.6 Å². The number of rotatable bonds is 8. The molecule has 3 aromatic carbocycles. The van der Waals surface area contributed by atoms with Gasteiger partial charge in [-0.1, -0.05) is 41.9 Å². The molecular weight excluding hydrogens is 474 g/mol. The number of carbonyl (C=O) groups excluding carboxylic acids is 1. The van der Waals surface area contributed by atoms with Crippen LogP contribution in [0.1, 0.15) is 34.0 Å². The molecule has 1 atom stereocenters. The molecule has 1 N–H and O–H groups in total. The summed E-state index contributed by atoms with van der Waals surface area (Å²) < 4.78 is 10.8. The second-order valence-electron chi connectivity index (χ2n) is 9.18. The van der Waals surface area contributed by atoms with Crippen LogP contribution in [0.25, 0.3) is 0 Å². The van der Waals surface area contributed by atoms with E-state index in [9.17, 15) is 4.79 Å². The quantitative estimate of drug-likeness (QED) is 0.448. The fourth-order valence-electron chi connectivity index (χ4n) is 4.76. The Bertz CT molecular complexity index is 1220. The SMILES string of the molecule is COc1ccc(CN2CCN(c3ccccc3CNC(=O)c3cccc(Cl)c3C)CC2C)cc1OC. The Morgan fingerprint density at radius 3 is 2.56 bits per heavy atom. The number of nitrogens with one attached hydrogen (secondary N) is 1. The molecule has 190 valence electrons. The van der Waals surface area contributed by atoms with E-state index in [-0.39, 0.29) is 5.91 Å². The van der Waals surface area contributed by atoms with E-state index in [1.807, 2.05) is 25.1 Å². The molecular formula is C29H34ClN3O3. The van der Waals surface area contributed by atoms with E-state index < -0.39 is 0 Å². The van der Waals surface area contributed by atoms with Gasteiger partial charge in [-0.05, 0) is 60.9 Å². The molecule has 1 aliphatic heterocycles. The zero-order valence-corrected chi connectivity index (χ0v) is 22.1. The van der Waals surface area contributed by atoms with Gasteiger partial charge in [0, 0.05) is 55.0 Å². The fourth-order valence-corrected chi connectivity index (χ4v) is 4.93. The standard InChI is InChI=1S/C29H34ClN3O3/c1-20-18-33(15-14-32(20)19-22-12-13-27(35-3)28(16-22)36-4)26-11-6-5-8-23(26)17-31-29(34)24-9-7-10-25(30)21(24)2/h5-13,16,20H,14-15,17-19H2,1-4H3,(H,31,34). The third-order valence-corrected chi connectivity index (χ3v) is 7.29. The normalized spacial score (nSPS) is 16.0. The third-order valence-electron chi connectivity index (χ3n) is 6.88. The number of para-hydroxylation sites is 1. The van der Waals surface area contributed by atoms with Crippen LogP contribution in [0.15, 0.2) is 60.7 Å². The van der Waals surface area contributed by atoms with Gasteiger partial charge >= 0.3 is 0 Å². The molecule has 36 heavy (non-hydrogen) atoms. The zero-order chi connectivity index (χ0) is 25.7. The molecule has 0 saturated carbocycles. The van der Waals surface area contributed by atoms with Crippen LogP contribution in [-0.4, -0.2) is 50.7 Å². The van der Waals surface area contributed by atoms with Gasteiger partial charge in [0.05, 0.1) is 14.2 Å². The summed E-state index contributed by atoms with van der Waals surface area (Å²) in [6.07, 6.45) is 0. The summed E-state index contributed by atoms with van der Waals surface area (Å²) in [7, 11) is 3.32. The van der Waals surface area contributed by atoms with Crippen LogP contribution in [0, 0.1) is 6.92 Å². The lowest BCUT2D eigenvalue weighted by molar-refractivity contribution is 0.0950. The molecule has 3 aromatic rings. The van der Waals surface area contributed by atoms with Gasteiger partial charge in [-0.15, -0.1) is 0 Å². The first-order valence-corrected chi connectivity index (χ1v) is 12.6. The number of piperazine rings is 1. The van der Waals surface area contributed by atoms with Crippen molar-refractivity contribution in [3.63, 3.8) is 0 Å². The van der Waals surface area contributed by atoms with Crippen molar-refractivity contribution in [2.24, 2.45) is 0 Å². The summed E-state index contributed by atoms with van der Waals surface area (Å²) in [5.41, 5.74) is 4.87. The van der Waals surface area contributed by atoms with Crippen LogP contribution in [0.5, 0.6) is 11.5 Å². The highest BCUT2D eigenvalue weighted by molar-refractivity contribution is 6.31. The van der Waals surface area contributed by atoms with Crippen LogP contribution in [-0.2, 0) is 13.1 Å². The second-order valence-corrected chi connectivity index (χ2v) is 9.59. The molecule has 1 amide bonds. The topological polar surface area (TPSA) is 54.0 Å².